The topological polar surface area (TPSA) is 83.6 Å². The van der Waals surface area contributed by atoms with Gasteiger partial charge in [0.25, 0.3) is 0 Å². The standard InChI is InChI=1S/C12H20N2O3S/c1-2-14(8-3-9-15)18(16,17)10-11-4-6-12(13)7-5-11/h4-7,15H,2-3,8-10,13H2,1H3. The minimum atomic E-state index is -3.33. The molecule has 1 aromatic carbocycles. The van der Waals surface area contributed by atoms with Gasteiger partial charge in [0.15, 0.2) is 0 Å². The van der Waals surface area contributed by atoms with Crippen molar-refractivity contribution in [2.24, 2.45) is 0 Å². The molecule has 0 aliphatic rings. The van der Waals surface area contributed by atoms with Crippen LogP contribution < -0.4 is 5.73 Å². The summed E-state index contributed by atoms with van der Waals surface area (Å²) in [5.41, 5.74) is 6.88. The van der Waals surface area contributed by atoms with E-state index in [1.54, 1.807) is 31.2 Å². The van der Waals surface area contributed by atoms with E-state index in [4.69, 9.17) is 10.8 Å². The Kier molecular flexibility index (Phi) is 5.58. The Morgan fingerprint density at radius 3 is 2.39 bits per heavy atom. The van der Waals surface area contributed by atoms with Crippen molar-refractivity contribution in [2.45, 2.75) is 19.1 Å². The number of aliphatic hydroxyl groups excluding tert-OH is 1. The Hall–Kier alpha value is -1.11. The van der Waals surface area contributed by atoms with E-state index < -0.39 is 10.0 Å². The maximum atomic E-state index is 12.1. The van der Waals surface area contributed by atoms with Crippen molar-refractivity contribution in [1.82, 2.24) is 4.31 Å². The van der Waals surface area contributed by atoms with Crippen LogP contribution in [0.3, 0.4) is 0 Å². The zero-order valence-corrected chi connectivity index (χ0v) is 11.4. The fraction of sp³-hybridized carbons (Fsp3) is 0.500. The Bertz CT molecular complexity index is 457. The normalized spacial score (nSPS) is 11.9. The first kappa shape index (κ1) is 14.9. The number of nitrogen functional groups attached to an aromatic ring is 1. The summed E-state index contributed by atoms with van der Waals surface area (Å²) in [6.45, 7) is 2.55. The van der Waals surface area contributed by atoms with Crippen molar-refractivity contribution in [3.05, 3.63) is 29.8 Å². The molecule has 0 unspecified atom stereocenters. The molecule has 0 saturated heterocycles. The monoisotopic (exact) mass is 272 g/mol. The van der Waals surface area contributed by atoms with Gasteiger partial charge in [0.2, 0.25) is 10.0 Å². The highest BCUT2D eigenvalue weighted by atomic mass is 32.2. The summed E-state index contributed by atoms with van der Waals surface area (Å²) in [5.74, 6) is -0.0352. The van der Waals surface area contributed by atoms with Crippen LogP contribution >= 0.6 is 0 Å². The molecule has 0 aromatic heterocycles. The van der Waals surface area contributed by atoms with Crippen LogP contribution in [0.5, 0.6) is 0 Å². The second-order valence-corrected chi connectivity index (χ2v) is 6.04. The number of rotatable bonds is 7. The molecule has 0 radical (unpaired) electrons. The Morgan fingerprint density at radius 1 is 1.28 bits per heavy atom. The Balaban J connectivity index is 2.76. The molecule has 0 bridgehead atoms. The summed E-state index contributed by atoms with van der Waals surface area (Å²) in [7, 11) is -3.33. The molecule has 0 amide bonds. The first-order valence-corrected chi connectivity index (χ1v) is 7.53. The van der Waals surface area contributed by atoms with Gasteiger partial charge in [0, 0.05) is 25.4 Å². The van der Waals surface area contributed by atoms with E-state index in [9.17, 15) is 8.42 Å². The molecule has 0 aliphatic heterocycles. The van der Waals surface area contributed by atoms with Crippen LogP contribution in [-0.4, -0.2) is 37.5 Å². The van der Waals surface area contributed by atoms with Gasteiger partial charge < -0.3 is 10.8 Å². The van der Waals surface area contributed by atoms with Crippen LogP contribution in [0.15, 0.2) is 24.3 Å². The van der Waals surface area contributed by atoms with Gasteiger partial charge >= 0.3 is 0 Å². The summed E-state index contributed by atoms with van der Waals surface area (Å²) in [5, 5.41) is 8.76. The highest BCUT2D eigenvalue weighted by Gasteiger charge is 2.20. The van der Waals surface area contributed by atoms with Gasteiger partial charge in [-0.1, -0.05) is 19.1 Å². The molecule has 1 aromatic rings. The van der Waals surface area contributed by atoms with Gasteiger partial charge in [0.1, 0.15) is 0 Å². The number of hydrogen-bond donors (Lipinski definition) is 2. The van der Waals surface area contributed by atoms with E-state index >= 15 is 0 Å². The van der Waals surface area contributed by atoms with E-state index in [1.807, 2.05) is 0 Å². The van der Waals surface area contributed by atoms with E-state index in [2.05, 4.69) is 0 Å². The maximum Gasteiger partial charge on any atom is 0.218 e. The minimum absolute atomic E-state index is 0.00606. The Morgan fingerprint density at radius 2 is 1.89 bits per heavy atom. The largest absolute Gasteiger partial charge is 0.399 e. The summed E-state index contributed by atoms with van der Waals surface area (Å²) in [6, 6.07) is 6.81. The van der Waals surface area contributed by atoms with Crippen molar-refractivity contribution in [3.63, 3.8) is 0 Å². The molecule has 18 heavy (non-hydrogen) atoms. The molecule has 0 aliphatic carbocycles. The van der Waals surface area contributed by atoms with E-state index in [1.165, 1.54) is 4.31 Å². The highest BCUT2D eigenvalue weighted by molar-refractivity contribution is 7.88. The Labute approximate surface area is 108 Å². The molecule has 3 N–H and O–H groups in total. The van der Waals surface area contributed by atoms with Crippen molar-refractivity contribution in [1.29, 1.82) is 0 Å². The van der Waals surface area contributed by atoms with Gasteiger partial charge in [-0.15, -0.1) is 0 Å². The molecule has 0 atom stereocenters. The average Bonchev–Trinajstić information content (AvgIpc) is 2.32. The van der Waals surface area contributed by atoms with E-state index in [-0.39, 0.29) is 12.4 Å². The summed E-state index contributed by atoms with van der Waals surface area (Å²) < 4.78 is 25.7. The predicted molar refractivity (Wildman–Crippen MR) is 72.4 cm³/mol. The number of nitrogens with two attached hydrogens (primary N) is 1. The third kappa shape index (κ3) is 4.29. The van der Waals surface area contributed by atoms with Crippen molar-refractivity contribution < 1.29 is 13.5 Å². The van der Waals surface area contributed by atoms with Gasteiger partial charge in [-0.3, -0.25) is 0 Å². The molecule has 1 rings (SSSR count). The lowest BCUT2D eigenvalue weighted by atomic mass is 10.2. The molecule has 5 nitrogen and oxygen atoms in total. The molecular weight excluding hydrogens is 252 g/mol. The van der Waals surface area contributed by atoms with Crippen molar-refractivity contribution in [3.8, 4) is 0 Å². The van der Waals surface area contributed by atoms with Gasteiger partial charge in [-0.25, -0.2) is 12.7 Å². The molecule has 0 saturated carbocycles. The zero-order chi connectivity index (χ0) is 13.6. The number of benzene rings is 1. The fourth-order valence-electron chi connectivity index (χ4n) is 1.66. The smallest absolute Gasteiger partial charge is 0.218 e. The van der Waals surface area contributed by atoms with Crippen LogP contribution in [0, 0.1) is 0 Å². The van der Waals surface area contributed by atoms with Crippen LogP contribution in [0.4, 0.5) is 5.69 Å². The quantitative estimate of drug-likeness (QED) is 0.719. The van der Waals surface area contributed by atoms with Crippen LogP contribution in [-0.2, 0) is 15.8 Å². The SMILES string of the molecule is CCN(CCCO)S(=O)(=O)Cc1ccc(N)cc1. The number of sulfonamides is 1. The first-order valence-electron chi connectivity index (χ1n) is 5.92. The predicted octanol–water partition coefficient (Wildman–Crippen LogP) is 0.803. The molecule has 102 valence electrons. The van der Waals surface area contributed by atoms with E-state index in [0.29, 0.717) is 30.8 Å². The third-order valence-electron chi connectivity index (χ3n) is 2.64. The summed E-state index contributed by atoms with van der Waals surface area (Å²) in [4.78, 5) is 0. The second kappa shape index (κ2) is 6.72. The molecule has 6 heteroatoms. The maximum absolute atomic E-state index is 12.1. The molecule has 0 heterocycles. The van der Waals surface area contributed by atoms with Crippen LogP contribution in [0.1, 0.15) is 18.9 Å². The van der Waals surface area contributed by atoms with Crippen molar-refractivity contribution >= 4 is 15.7 Å². The molecular formula is C12H20N2O3S. The fourth-order valence-corrected chi connectivity index (χ4v) is 3.25. The summed E-state index contributed by atoms with van der Waals surface area (Å²) >= 11 is 0. The summed E-state index contributed by atoms with van der Waals surface area (Å²) in [6.07, 6.45) is 0.453. The van der Waals surface area contributed by atoms with Gasteiger partial charge in [-0.2, -0.15) is 0 Å². The zero-order valence-electron chi connectivity index (χ0n) is 10.5. The van der Waals surface area contributed by atoms with Crippen LogP contribution in [0.25, 0.3) is 0 Å². The number of hydrogen-bond acceptors (Lipinski definition) is 4. The first-order chi connectivity index (χ1) is 8.49. The lowest BCUT2D eigenvalue weighted by Crippen LogP contribution is -2.33. The van der Waals surface area contributed by atoms with E-state index in [0.717, 1.165) is 0 Å². The second-order valence-electron chi connectivity index (χ2n) is 4.07. The van der Waals surface area contributed by atoms with Crippen molar-refractivity contribution in [2.75, 3.05) is 25.4 Å². The minimum Gasteiger partial charge on any atom is -0.399 e. The van der Waals surface area contributed by atoms with Gasteiger partial charge in [0.05, 0.1) is 5.75 Å². The molecule has 0 spiro atoms. The third-order valence-corrected chi connectivity index (χ3v) is 4.57. The molecule has 0 fully saturated rings. The van der Waals surface area contributed by atoms with Crippen LogP contribution in [0.2, 0.25) is 0 Å². The lowest BCUT2D eigenvalue weighted by molar-refractivity contribution is 0.271. The average molecular weight is 272 g/mol. The van der Waals surface area contributed by atoms with Gasteiger partial charge in [-0.05, 0) is 24.1 Å². The number of anilines is 1. The highest BCUT2D eigenvalue weighted by Crippen LogP contribution is 2.13. The number of nitrogens with zero attached hydrogens (tertiary/aromatic N) is 1. The number of aliphatic hydroxyl groups is 1. The lowest BCUT2D eigenvalue weighted by Gasteiger charge is -2.20.